The maximum Gasteiger partial charge on any atom is 0.229 e. The number of pyridine rings is 1. The SMILES string of the molecule is O=C1C(Cl)=C(N2CCCCC2)C(=O)c2ncccc21. The van der Waals surface area contributed by atoms with Crippen LogP contribution in [-0.4, -0.2) is 34.5 Å². The predicted octanol–water partition coefficient (Wildman–Crippen LogP) is 2.40. The van der Waals surface area contributed by atoms with Crippen LogP contribution in [-0.2, 0) is 0 Å². The minimum absolute atomic E-state index is 0.0346. The highest BCUT2D eigenvalue weighted by Crippen LogP contribution is 2.30. The Balaban J connectivity index is 2.07. The number of rotatable bonds is 1. The van der Waals surface area contributed by atoms with Crippen molar-refractivity contribution < 1.29 is 9.59 Å². The van der Waals surface area contributed by atoms with Gasteiger partial charge in [0.25, 0.3) is 0 Å². The first-order valence-electron chi connectivity index (χ1n) is 6.39. The molecule has 1 saturated heterocycles. The van der Waals surface area contributed by atoms with E-state index < -0.39 is 0 Å². The monoisotopic (exact) mass is 276 g/mol. The number of aromatic nitrogens is 1. The molecule has 1 aliphatic heterocycles. The smallest absolute Gasteiger partial charge is 0.229 e. The van der Waals surface area contributed by atoms with Crippen molar-refractivity contribution >= 4 is 23.2 Å². The van der Waals surface area contributed by atoms with E-state index in [0.717, 1.165) is 32.4 Å². The van der Waals surface area contributed by atoms with Gasteiger partial charge in [-0.05, 0) is 31.4 Å². The molecule has 0 saturated carbocycles. The molecule has 5 heteroatoms. The fourth-order valence-corrected chi connectivity index (χ4v) is 2.91. The molecule has 4 nitrogen and oxygen atoms in total. The first-order chi connectivity index (χ1) is 9.20. The molecule has 0 bridgehead atoms. The van der Waals surface area contributed by atoms with Crippen LogP contribution < -0.4 is 0 Å². The predicted molar refractivity (Wildman–Crippen MR) is 71.2 cm³/mol. The molecular formula is C14H13ClN2O2. The Bertz CT molecular complexity index is 589. The van der Waals surface area contributed by atoms with E-state index in [2.05, 4.69) is 4.98 Å². The van der Waals surface area contributed by atoms with E-state index in [4.69, 9.17) is 11.6 Å². The van der Waals surface area contributed by atoms with Crippen LogP contribution in [0.5, 0.6) is 0 Å². The Kier molecular flexibility index (Phi) is 3.11. The zero-order chi connectivity index (χ0) is 13.4. The van der Waals surface area contributed by atoms with E-state index in [1.54, 1.807) is 12.1 Å². The second-order valence-electron chi connectivity index (χ2n) is 4.77. The van der Waals surface area contributed by atoms with E-state index in [1.807, 2.05) is 4.90 Å². The van der Waals surface area contributed by atoms with Crippen molar-refractivity contribution in [3.63, 3.8) is 0 Å². The highest BCUT2D eigenvalue weighted by atomic mass is 35.5. The quantitative estimate of drug-likeness (QED) is 0.790. The molecule has 98 valence electrons. The van der Waals surface area contributed by atoms with E-state index in [0.29, 0.717) is 11.3 Å². The number of nitrogens with zero attached hydrogens (tertiary/aromatic N) is 2. The molecule has 0 unspecified atom stereocenters. The van der Waals surface area contributed by atoms with Crippen LogP contribution in [0.3, 0.4) is 0 Å². The number of ketones is 2. The molecule has 1 aromatic rings. The number of hydrogen-bond donors (Lipinski definition) is 0. The van der Waals surface area contributed by atoms with Gasteiger partial charge in [0, 0.05) is 19.3 Å². The first-order valence-corrected chi connectivity index (χ1v) is 6.77. The zero-order valence-corrected chi connectivity index (χ0v) is 11.1. The van der Waals surface area contributed by atoms with Crippen molar-refractivity contribution in [1.82, 2.24) is 9.88 Å². The Morgan fingerprint density at radius 3 is 2.58 bits per heavy atom. The molecule has 19 heavy (non-hydrogen) atoms. The van der Waals surface area contributed by atoms with Crippen LogP contribution in [0, 0.1) is 0 Å². The third-order valence-corrected chi connectivity index (χ3v) is 3.91. The van der Waals surface area contributed by atoms with Gasteiger partial charge in [0.1, 0.15) is 16.4 Å². The Morgan fingerprint density at radius 1 is 1.11 bits per heavy atom. The molecule has 1 aromatic heterocycles. The molecular weight excluding hydrogens is 264 g/mol. The molecule has 0 N–H and O–H groups in total. The van der Waals surface area contributed by atoms with E-state index in [-0.39, 0.29) is 22.3 Å². The summed E-state index contributed by atoms with van der Waals surface area (Å²) in [5.74, 6) is -0.535. The average Bonchev–Trinajstić information content (AvgIpc) is 2.46. The summed E-state index contributed by atoms with van der Waals surface area (Å²) in [6, 6.07) is 3.23. The topological polar surface area (TPSA) is 50.3 Å². The van der Waals surface area contributed by atoms with Crippen LogP contribution in [0.15, 0.2) is 29.1 Å². The molecule has 3 rings (SSSR count). The maximum absolute atomic E-state index is 12.5. The molecule has 0 atom stereocenters. The molecule has 1 aliphatic carbocycles. The third-order valence-electron chi connectivity index (χ3n) is 3.56. The summed E-state index contributed by atoms with van der Waals surface area (Å²) < 4.78 is 0. The Labute approximate surface area is 116 Å². The molecule has 1 fully saturated rings. The first kappa shape index (κ1) is 12.4. The summed E-state index contributed by atoms with van der Waals surface area (Å²) >= 11 is 6.13. The fraction of sp³-hybridized carbons (Fsp3) is 0.357. The lowest BCUT2D eigenvalue weighted by Gasteiger charge is -2.32. The van der Waals surface area contributed by atoms with Gasteiger partial charge in [0.15, 0.2) is 0 Å². The second-order valence-corrected chi connectivity index (χ2v) is 5.15. The summed E-state index contributed by atoms with van der Waals surface area (Å²) in [5.41, 5.74) is 0.855. The van der Waals surface area contributed by atoms with E-state index in [9.17, 15) is 9.59 Å². The minimum Gasteiger partial charge on any atom is -0.367 e. The third kappa shape index (κ3) is 1.96. The van der Waals surface area contributed by atoms with Gasteiger partial charge in [-0.1, -0.05) is 11.6 Å². The number of halogens is 1. The molecule has 2 aliphatic rings. The van der Waals surface area contributed by atoms with Gasteiger partial charge >= 0.3 is 0 Å². The largest absolute Gasteiger partial charge is 0.367 e. The van der Waals surface area contributed by atoms with Gasteiger partial charge in [-0.15, -0.1) is 0 Å². The Hall–Kier alpha value is -1.68. The number of piperidine rings is 1. The average molecular weight is 277 g/mol. The molecule has 0 radical (unpaired) electrons. The number of Topliss-reactive ketones (excluding diaryl/α,β-unsaturated/α-hetero) is 2. The van der Waals surface area contributed by atoms with Gasteiger partial charge < -0.3 is 4.90 Å². The standard InChI is InChI=1S/C14H13ClN2O2/c15-10-12(17-7-2-1-3-8-17)14(19)11-9(13(10)18)5-4-6-16-11/h4-6H,1-3,7-8H2. The number of likely N-dealkylation sites (tertiary alicyclic amines) is 1. The highest BCUT2D eigenvalue weighted by molar-refractivity contribution is 6.49. The number of fused-ring (bicyclic) bond motifs is 1. The molecule has 0 amide bonds. The van der Waals surface area contributed by atoms with Crippen molar-refractivity contribution in [2.45, 2.75) is 19.3 Å². The minimum atomic E-state index is -0.301. The lowest BCUT2D eigenvalue weighted by Crippen LogP contribution is -2.37. The number of carbonyl (C=O) groups excluding carboxylic acids is 2. The van der Waals surface area contributed by atoms with Gasteiger partial charge in [0.2, 0.25) is 11.6 Å². The van der Waals surface area contributed by atoms with Crippen LogP contribution in [0.4, 0.5) is 0 Å². The van der Waals surface area contributed by atoms with E-state index in [1.165, 1.54) is 6.20 Å². The number of hydrogen-bond acceptors (Lipinski definition) is 4. The summed E-state index contributed by atoms with van der Waals surface area (Å²) in [6.07, 6.45) is 4.71. The second kappa shape index (κ2) is 4.78. The van der Waals surface area contributed by atoms with Gasteiger partial charge in [0.05, 0.1) is 5.56 Å². The van der Waals surface area contributed by atoms with Crippen molar-refractivity contribution in [2.24, 2.45) is 0 Å². The summed E-state index contributed by atoms with van der Waals surface area (Å²) in [5, 5.41) is 0.0346. The van der Waals surface area contributed by atoms with Crippen molar-refractivity contribution in [1.29, 1.82) is 0 Å². The lowest BCUT2D eigenvalue weighted by atomic mass is 9.95. The summed E-state index contributed by atoms with van der Waals surface area (Å²) in [6.45, 7) is 1.54. The van der Waals surface area contributed by atoms with Gasteiger partial charge in [-0.3, -0.25) is 14.6 Å². The highest BCUT2D eigenvalue weighted by Gasteiger charge is 2.35. The zero-order valence-electron chi connectivity index (χ0n) is 10.4. The van der Waals surface area contributed by atoms with Crippen LogP contribution in [0.1, 0.15) is 40.1 Å². The number of carbonyl (C=O) groups is 2. The van der Waals surface area contributed by atoms with Crippen LogP contribution in [0.25, 0.3) is 0 Å². The van der Waals surface area contributed by atoms with Gasteiger partial charge in [-0.25, -0.2) is 0 Å². The fourth-order valence-electron chi connectivity index (χ4n) is 2.61. The van der Waals surface area contributed by atoms with E-state index >= 15 is 0 Å². The summed E-state index contributed by atoms with van der Waals surface area (Å²) in [4.78, 5) is 30.6. The van der Waals surface area contributed by atoms with Crippen LogP contribution in [0.2, 0.25) is 0 Å². The number of allylic oxidation sites excluding steroid dienone is 2. The van der Waals surface area contributed by atoms with Crippen molar-refractivity contribution in [2.75, 3.05) is 13.1 Å². The molecule has 0 aromatic carbocycles. The molecule has 0 spiro atoms. The summed E-state index contributed by atoms with van der Waals surface area (Å²) in [7, 11) is 0. The van der Waals surface area contributed by atoms with Gasteiger partial charge in [-0.2, -0.15) is 0 Å². The van der Waals surface area contributed by atoms with Crippen LogP contribution >= 0.6 is 11.6 Å². The normalized spacial score (nSPS) is 19.7. The Morgan fingerprint density at radius 2 is 1.84 bits per heavy atom. The maximum atomic E-state index is 12.5. The lowest BCUT2D eigenvalue weighted by molar-refractivity contribution is 0.0935. The van der Waals surface area contributed by atoms with Crippen molar-refractivity contribution in [3.8, 4) is 0 Å². The van der Waals surface area contributed by atoms with Crippen molar-refractivity contribution in [3.05, 3.63) is 40.3 Å². The molecule has 2 heterocycles.